The number of hydrogen-bond acceptors (Lipinski definition) is 5. The molecule has 6 nitrogen and oxygen atoms in total. The van der Waals surface area contributed by atoms with Crippen molar-refractivity contribution in [1.82, 2.24) is 15.5 Å². The van der Waals surface area contributed by atoms with Crippen LogP contribution >= 0.6 is 27.3 Å². The van der Waals surface area contributed by atoms with E-state index in [2.05, 4.69) is 36.8 Å². The van der Waals surface area contributed by atoms with Gasteiger partial charge >= 0.3 is 6.03 Å². The van der Waals surface area contributed by atoms with E-state index >= 15 is 0 Å². The van der Waals surface area contributed by atoms with Crippen LogP contribution in [0.15, 0.2) is 28.2 Å². The number of carbonyl (C=O) groups excluding carboxylic acids is 1. The number of ether oxygens (including phenoxy) is 1. The van der Waals surface area contributed by atoms with Gasteiger partial charge in [-0.05, 0) is 40.5 Å². The van der Waals surface area contributed by atoms with Crippen LogP contribution < -0.4 is 15.4 Å². The summed E-state index contributed by atoms with van der Waals surface area (Å²) in [5.74, 6) is 0.749. The van der Waals surface area contributed by atoms with Gasteiger partial charge in [0.15, 0.2) is 0 Å². The van der Waals surface area contributed by atoms with E-state index < -0.39 is 0 Å². The number of urea groups is 1. The van der Waals surface area contributed by atoms with Crippen molar-refractivity contribution in [2.24, 2.45) is 0 Å². The summed E-state index contributed by atoms with van der Waals surface area (Å²) < 4.78 is 6.01. The van der Waals surface area contributed by atoms with Crippen LogP contribution in [0.5, 0.6) is 5.75 Å². The van der Waals surface area contributed by atoms with E-state index in [1.165, 1.54) is 11.3 Å². The maximum atomic E-state index is 11.8. The lowest BCUT2D eigenvalue weighted by molar-refractivity contribution is 0.249. The zero-order valence-corrected chi connectivity index (χ0v) is 13.3. The average molecular weight is 357 g/mol. The van der Waals surface area contributed by atoms with Gasteiger partial charge in [-0.25, -0.2) is 4.79 Å². The zero-order valence-electron chi connectivity index (χ0n) is 10.9. The molecular formula is C12H13BrN4O2S. The minimum Gasteiger partial charge on any atom is -0.496 e. The summed E-state index contributed by atoms with van der Waals surface area (Å²) in [7, 11) is 1.61. The number of methoxy groups -OCH3 is 1. The first-order chi connectivity index (χ1) is 9.60. The lowest BCUT2D eigenvalue weighted by Crippen LogP contribution is -2.31. The smallest absolute Gasteiger partial charge is 0.321 e. The molecule has 0 fully saturated rings. The first-order valence-corrected chi connectivity index (χ1v) is 7.44. The second-order valence-corrected chi connectivity index (χ2v) is 5.65. The van der Waals surface area contributed by atoms with E-state index in [4.69, 9.17) is 4.74 Å². The Kier molecular flexibility index (Phi) is 4.91. The van der Waals surface area contributed by atoms with Crippen molar-refractivity contribution < 1.29 is 9.53 Å². The number of hydrogen-bond donors (Lipinski definition) is 2. The Morgan fingerprint density at radius 3 is 2.90 bits per heavy atom. The summed E-state index contributed by atoms with van der Waals surface area (Å²) in [6.07, 6.45) is 0. The summed E-state index contributed by atoms with van der Waals surface area (Å²) in [6.45, 7) is 1.90. The van der Waals surface area contributed by atoms with Gasteiger partial charge in [-0.2, -0.15) is 0 Å². The Labute approximate surface area is 128 Å². The number of nitrogens with zero attached hydrogens (tertiary/aromatic N) is 2. The fraction of sp³-hybridized carbons (Fsp3) is 0.250. The van der Waals surface area contributed by atoms with E-state index in [-0.39, 0.29) is 12.1 Å². The molecule has 0 aliphatic heterocycles. The quantitative estimate of drug-likeness (QED) is 0.881. The van der Waals surface area contributed by atoms with Crippen molar-refractivity contribution in [2.75, 3.05) is 12.4 Å². The van der Waals surface area contributed by atoms with Gasteiger partial charge in [-0.15, -0.1) is 10.2 Å². The molecular weight excluding hydrogens is 344 g/mol. The van der Waals surface area contributed by atoms with Crippen molar-refractivity contribution in [3.05, 3.63) is 33.7 Å². The summed E-state index contributed by atoms with van der Waals surface area (Å²) in [5, 5.41) is 13.3. The maximum absolute atomic E-state index is 11.8. The van der Waals surface area contributed by atoms with Crippen molar-refractivity contribution in [1.29, 1.82) is 0 Å². The highest BCUT2D eigenvalue weighted by molar-refractivity contribution is 9.10. The normalized spacial score (nSPS) is 11.8. The monoisotopic (exact) mass is 356 g/mol. The number of aromatic nitrogens is 2. The van der Waals surface area contributed by atoms with Gasteiger partial charge in [0.1, 0.15) is 11.3 Å². The molecule has 0 unspecified atom stereocenters. The molecule has 0 bridgehead atoms. The summed E-state index contributed by atoms with van der Waals surface area (Å²) in [5.41, 5.74) is 2.52. The average Bonchev–Trinajstić information content (AvgIpc) is 2.91. The summed E-state index contributed by atoms with van der Waals surface area (Å²) >= 11 is 4.68. The van der Waals surface area contributed by atoms with Gasteiger partial charge in [0, 0.05) is 0 Å². The summed E-state index contributed by atoms with van der Waals surface area (Å²) in [4.78, 5) is 11.8. The number of nitrogens with one attached hydrogen (secondary N) is 2. The number of rotatable bonds is 4. The van der Waals surface area contributed by atoms with Crippen LogP contribution in [0.25, 0.3) is 0 Å². The number of carbonyl (C=O) groups is 1. The first kappa shape index (κ1) is 14.7. The molecule has 0 aliphatic carbocycles. The third-order valence-electron chi connectivity index (χ3n) is 2.60. The van der Waals surface area contributed by atoms with Crippen LogP contribution in [0.1, 0.15) is 18.5 Å². The SMILES string of the molecule is COc1ccc([C@@H](C)NC(=O)Nc2nncs2)cc1Br. The molecule has 1 heterocycles. The first-order valence-electron chi connectivity index (χ1n) is 5.77. The van der Waals surface area contributed by atoms with Crippen molar-refractivity contribution >= 4 is 38.4 Å². The van der Waals surface area contributed by atoms with E-state index in [0.717, 1.165) is 15.8 Å². The van der Waals surface area contributed by atoms with E-state index in [1.807, 2.05) is 25.1 Å². The van der Waals surface area contributed by atoms with Crippen LogP contribution in [-0.2, 0) is 0 Å². The number of anilines is 1. The van der Waals surface area contributed by atoms with Crippen LogP contribution in [-0.4, -0.2) is 23.3 Å². The zero-order chi connectivity index (χ0) is 14.5. The Morgan fingerprint density at radius 1 is 1.50 bits per heavy atom. The van der Waals surface area contributed by atoms with Crippen LogP contribution in [0.3, 0.4) is 0 Å². The predicted octanol–water partition coefficient (Wildman–Crippen LogP) is 3.19. The molecule has 1 aromatic heterocycles. The molecule has 0 saturated carbocycles. The molecule has 2 N–H and O–H groups in total. The third-order valence-corrected chi connectivity index (χ3v) is 3.83. The second kappa shape index (κ2) is 6.67. The van der Waals surface area contributed by atoms with E-state index in [1.54, 1.807) is 12.6 Å². The van der Waals surface area contributed by atoms with Gasteiger partial charge in [0.25, 0.3) is 0 Å². The standard InChI is InChI=1S/C12H13BrN4O2S/c1-7(8-3-4-10(19-2)9(13)5-8)15-11(18)16-12-17-14-6-20-12/h3-7H,1-2H3,(H2,15,16,17,18)/t7-/m1/s1. The van der Waals surface area contributed by atoms with Gasteiger partial charge in [-0.3, -0.25) is 5.32 Å². The molecule has 106 valence electrons. The molecule has 0 spiro atoms. The molecule has 0 aliphatic rings. The fourth-order valence-corrected chi connectivity index (χ4v) is 2.59. The topological polar surface area (TPSA) is 76.1 Å². The number of amides is 2. The lowest BCUT2D eigenvalue weighted by atomic mass is 10.1. The maximum Gasteiger partial charge on any atom is 0.321 e. The summed E-state index contributed by atoms with van der Waals surface area (Å²) in [6, 6.07) is 5.19. The highest BCUT2D eigenvalue weighted by Crippen LogP contribution is 2.27. The third kappa shape index (κ3) is 3.67. The van der Waals surface area contributed by atoms with Crippen molar-refractivity contribution in [3.8, 4) is 5.75 Å². The predicted molar refractivity (Wildman–Crippen MR) is 81.2 cm³/mol. The minimum atomic E-state index is -0.318. The number of benzene rings is 1. The lowest BCUT2D eigenvalue weighted by Gasteiger charge is -2.15. The molecule has 2 rings (SSSR count). The van der Waals surface area contributed by atoms with Crippen molar-refractivity contribution in [3.63, 3.8) is 0 Å². The Bertz CT molecular complexity index is 591. The van der Waals surface area contributed by atoms with E-state index in [0.29, 0.717) is 5.13 Å². The van der Waals surface area contributed by atoms with Crippen LogP contribution in [0.2, 0.25) is 0 Å². The van der Waals surface area contributed by atoms with Gasteiger partial charge in [0.2, 0.25) is 5.13 Å². The largest absolute Gasteiger partial charge is 0.496 e. The molecule has 0 radical (unpaired) electrons. The van der Waals surface area contributed by atoms with Crippen LogP contribution in [0, 0.1) is 0 Å². The highest BCUT2D eigenvalue weighted by Gasteiger charge is 2.12. The second-order valence-electron chi connectivity index (χ2n) is 3.96. The van der Waals surface area contributed by atoms with E-state index in [9.17, 15) is 4.79 Å². The van der Waals surface area contributed by atoms with Gasteiger partial charge in [0.05, 0.1) is 17.6 Å². The Hall–Kier alpha value is -1.67. The Morgan fingerprint density at radius 2 is 2.30 bits per heavy atom. The molecule has 20 heavy (non-hydrogen) atoms. The highest BCUT2D eigenvalue weighted by atomic mass is 79.9. The number of halogens is 1. The molecule has 2 amide bonds. The van der Waals surface area contributed by atoms with Gasteiger partial charge in [-0.1, -0.05) is 17.4 Å². The van der Waals surface area contributed by atoms with Crippen LogP contribution in [0.4, 0.5) is 9.93 Å². The molecule has 1 atom stereocenters. The molecule has 8 heteroatoms. The Balaban J connectivity index is 1.99. The fourth-order valence-electron chi connectivity index (χ4n) is 1.59. The molecule has 0 saturated heterocycles. The van der Waals surface area contributed by atoms with Gasteiger partial charge < -0.3 is 10.1 Å². The van der Waals surface area contributed by atoms with Crippen molar-refractivity contribution in [2.45, 2.75) is 13.0 Å². The molecule has 1 aromatic carbocycles. The molecule has 2 aromatic rings. The minimum absolute atomic E-state index is 0.148.